The first-order valence-electron chi connectivity index (χ1n) is 7.44. The number of rotatable bonds is 6. The van der Waals surface area contributed by atoms with Crippen molar-refractivity contribution in [3.8, 4) is 5.75 Å². The number of hydrogen-bond acceptors (Lipinski definition) is 4. The average molecular weight is 308 g/mol. The van der Waals surface area contributed by atoms with Gasteiger partial charge < -0.3 is 15.0 Å². The molecule has 1 aromatic rings. The van der Waals surface area contributed by atoms with Crippen LogP contribution in [0.2, 0.25) is 0 Å². The summed E-state index contributed by atoms with van der Waals surface area (Å²) in [6.45, 7) is 4.45. The average Bonchev–Trinajstić information content (AvgIpc) is 2.54. The highest BCUT2D eigenvalue weighted by atomic mass is 32.2. The molecule has 1 heterocycles. The van der Waals surface area contributed by atoms with E-state index in [1.165, 1.54) is 0 Å². The van der Waals surface area contributed by atoms with Crippen LogP contribution in [0.5, 0.6) is 5.75 Å². The van der Waals surface area contributed by atoms with Gasteiger partial charge in [0.25, 0.3) is 0 Å². The van der Waals surface area contributed by atoms with Crippen molar-refractivity contribution in [1.29, 1.82) is 0 Å². The van der Waals surface area contributed by atoms with Crippen LogP contribution in [0.3, 0.4) is 0 Å². The van der Waals surface area contributed by atoms with Crippen molar-refractivity contribution in [2.24, 2.45) is 0 Å². The van der Waals surface area contributed by atoms with Crippen LogP contribution in [0.1, 0.15) is 18.9 Å². The van der Waals surface area contributed by atoms with Gasteiger partial charge in [0.05, 0.1) is 7.11 Å². The van der Waals surface area contributed by atoms with Gasteiger partial charge in [-0.05, 0) is 24.6 Å². The highest BCUT2D eigenvalue weighted by Crippen LogP contribution is 2.15. The van der Waals surface area contributed by atoms with Crippen molar-refractivity contribution >= 4 is 17.7 Å². The van der Waals surface area contributed by atoms with Gasteiger partial charge in [-0.3, -0.25) is 4.79 Å². The monoisotopic (exact) mass is 308 g/mol. The molecule has 0 saturated carbocycles. The molecule has 0 aliphatic carbocycles. The Morgan fingerprint density at radius 1 is 1.43 bits per heavy atom. The Labute approximate surface area is 131 Å². The van der Waals surface area contributed by atoms with Gasteiger partial charge in [-0.2, -0.15) is 11.8 Å². The summed E-state index contributed by atoms with van der Waals surface area (Å²) in [7, 11) is 1.66. The lowest BCUT2D eigenvalue weighted by Crippen LogP contribution is -2.42. The Morgan fingerprint density at radius 2 is 2.19 bits per heavy atom. The second-order valence-corrected chi connectivity index (χ2v) is 6.34. The van der Waals surface area contributed by atoms with Gasteiger partial charge in [-0.25, -0.2) is 0 Å². The summed E-state index contributed by atoms with van der Waals surface area (Å²) in [6, 6.07) is 8.23. The number of carbonyl (C=O) groups excluding carboxylic acids is 1. The third-order valence-electron chi connectivity index (χ3n) is 3.69. The van der Waals surface area contributed by atoms with Crippen LogP contribution < -0.4 is 10.1 Å². The standard InChI is InChI=1S/C16H24N2O2S/c1-3-18(11-13-4-6-15(20-2)7-5-13)16(19)10-14-12-21-9-8-17-14/h4-7,14,17H,3,8-12H2,1-2H3. The number of methoxy groups -OCH3 is 1. The summed E-state index contributed by atoms with van der Waals surface area (Å²) in [5.74, 6) is 3.25. The van der Waals surface area contributed by atoms with E-state index in [1.807, 2.05) is 47.9 Å². The highest BCUT2D eigenvalue weighted by molar-refractivity contribution is 7.99. The predicted octanol–water partition coefficient (Wildman–Crippen LogP) is 2.14. The molecule has 1 aromatic carbocycles. The fourth-order valence-electron chi connectivity index (χ4n) is 2.42. The summed E-state index contributed by atoms with van der Waals surface area (Å²) in [5.41, 5.74) is 1.14. The number of carbonyl (C=O) groups is 1. The normalized spacial score (nSPS) is 18.3. The Kier molecular flexibility index (Phi) is 6.39. The van der Waals surface area contributed by atoms with E-state index >= 15 is 0 Å². The van der Waals surface area contributed by atoms with Crippen molar-refractivity contribution < 1.29 is 9.53 Å². The minimum absolute atomic E-state index is 0.230. The van der Waals surface area contributed by atoms with E-state index in [1.54, 1.807) is 7.11 Å². The van der Waals surface area contributed by atoms with Gasteiger partial charge in [0.15, 0.2) is 0 Å². The fourth-order valence-corrected chi connectivity index (χ4v) is 3.37. The molecular formula is C16H24N2O2S. The van der Waals surface area contributed by atoms with E-state index < -0.39 is 0 Å². The zero-order valence-electron chi connectivity index (χ0n) is 12.8. The second-order valence-electron chi connectivity index (χ2n) is 5.19. The van der Waals surface area contributed by atoms with Crippen LogP contribution in [0.15, 0.2) is 24.3 Å². The maximum absolute atomic E-state index is 12.4. The number of amides is 1. The molecule has 1 aliphatic heterocycles. The van der Waals surface area contributed by atoms with Crippen LogP contribution in [-0.2, 0) is 11.3 Å². The number of nitrogens with zero attached hydrogens (tertiary/aromatic N) is 1. The molecule has 21 heavy (non-hydrogen) atoms. The van der Waals surface area contributed by atoms with Crippen molar-refractivity contribution in [2.45, 2.75) is 25.9 Å². The van der Waals surface area contributed by atoms with Crippen molar-refractivity contribution in [3.63, 3.8) is 0 Å². The number of nitrogens with one attached hydrogen (secondary N) is 1. The first-order valence-corrected chi connectivity index (χ1v) is 8.60. The van der Waals surface area contributed by atoms with E-state index in [0.717, 1.165) is 35.9 Å². The summed E-state index contributed by atoms with van der Waals surface area (Å²) in [5, 5.41) is 3.42. The smallest absolute Gasteiger partial charge is 0.224 e. The highest BCUT2D eigenvalue weighted by Gasteiger charge is 2.20. The third kappa shape index (κ3) is 4.93. The van der Waals surface area contributed by atoms with Gasteiger partial charge in [0.2, 0.25) is 5.91 Å². The molecule has 1 saturated heterocycles. The Bertz CT molecular complexity index is 444. The number of benzene rings is 1. The minimum atomic E-state index is 0.230. The lowest BCUT2D eigenvalue weighted by atomic mass is 10.1. The van der Waals surface area contributed by atoms with Gasteiger partial charge in [-0.1, -0.05) is 12.1 Å². The minimum Gasteiger partial charge on any atom is -0.497 e. The molecule has 1 N–H and O–H groups in total. The van der Waals surface area contributed by atoms with E-state index in [2.05, 4.69) is 5.32 Å². The van der Waals surface area contributed by atoms with Crippen LogP contribution in [0.4, 0.5) is 0 Å². The molecule has 1 fully saturated rings. The van der Waals surface area contributed by atoms with Crippen molar-refractivity contribution in [2.75, 3.05) is 31.7 Å². The first kappa shape index (κ1) is 16.2. The zero-order chi connectivity index (χ0) is 15.1. The summed E-state index contributed by atoms with van der Waals surface area (Å²) < 4.78 is 5.16. The van der Waals surface area contributed by atoms with E-state index in [4.69, 9.17) is 4.74 Å². The van der Waals surface area contributed by atoms with E-state index in [9.17, 15) is 4.79 Å². The number of hydrogen-bond donors (Lipinski definition) is 1. The quantitative estimate of drug-likeness (QED) is 0.874. The van der Waals surface area contributed by atoms with E-state index in [-0.39, 0.29) is 5.91 Å². The molecule has 116 valence electrons. The molecule has 1 amide bonds. The molecular weight excluding hydrogens is 284 g/mol. The summed E-state index contributed by atoms with van der Waals surface area (Å²) >= 11 is 1.93. The lowest BCUT2D eigenvalue weighted by Gasteiger charge is -2.27. The predicted molar refractivity (Wildman–Crippen MR) is 87.8 cm³/mol. The molecule has 1 aliphatic rings. The molecule has 0 spiro atoms. The SMILES string of the molecule is CCN(Cc1ccc(OC)cc1)C(=O)CC1CSCCN1. The molecule has 5 heteroatoms. The Balaban J connectivity index is 1.89. The summed E-state index contributed by atoms with van der Waals surface area (Å²) in [4.78, 5) is 14.3. The van der Waals surface area contributed by atoms with Gasteiger partial charge in [-0.15, -0.1) is 0 Å². The Morgan fingerprint density at radius 3 is 2.76 bits per heavy atom. The Hall–Kier alpha value is -1.20. The molecule has 1 atom stereocenters. The first-order chi connectivity index (χ1) is 10.2. The van der Waals surface area contributed by atoms with E-state index in [0.29, 0.717) is 19.0 Å². The molecule has 1 unspecified atom stereocenters. The summed E-state index contributed by atoms with van der Waals surface area (Å²) in [6.07, 6.45) is 0.594. The molecule has 2 rings (SSSR count). The number of thioether (sulfide) groups is 1. The van der Waals surface area contributed by atoms with Crippen LogP contribution in [-0.4, -0.2) is 48.6 Å². The maximum Gasteiger partial charge on any atom is 0.224 e. The van der Waals surface area contributed by atoms with Crippen molar-refractivity contribution in [1.82, 2.24) is 10.2 Å². The third-order valence-corrected chi connectivity index (χ3v) is 4.82. The fraction of sp³-hybridized carbons (Fsp3) is 0.562. The molecule has 0 radical (unpaired) electrons. The molecule has 0 bridgehead atoms. The number of ether oxygens (including phenoxy) is 1. The molecule has 0 aromatic heterocycles. The second kappa shape index (κ2) is 8.29. The maximum atomic E-state index is 12.4. The van der Waals surface area contributed by atoms with Gasteiger partial charge in [0.1, 0.15) is 5.75 Å². The largest absolute Gasteiger partial charge is 0.497 e. The van der Waals surface area contributed by atoms with Crippen molar-refractivity contribution in [3.05, 3.63) is 29.8 Å². The van der Waals surface area contributed by atoms with Gasteiger partial charge >= 0.3 is 0 Å². The van der Waals surface area contributed by atoms with Crippen LogP contribution in [0.25, 0.3) is 0 Å². The van der Waals surface area contributed by atoms with Crippen LogP contribution >= 0.6 is 11.8 Å². The van der Waals surface area contributed by atoms with Crippen LogP contribution in [0, 0.1) is 0 Å². The lowest BCUT2D eigenvalue weighted by molar-refractivity contribution is -0.132. The topological polar surface area (TPSA) is 41.6 Å². The zero-order valence-corrected chi connectivity index (χ0v) is 13.6. The van der Waals surface area contributed by atoms with Gasteiger partial charge in [0, 0.05) is 43.6 Å². The molecule has 4 nitrogen and oxygen atoms in total.